The Kier molecular flexibility index (Phi) is 4.15. The van der Waals surface area contributed by atoms with Gasteiger partial charge in [-0.1, -0.05) is 145 Å². The second kappa shape index (κ2) is 10.4. The summed E-state index contributed by atoms with van der Waals surface area (Å²) in [6.07, 6.45) is 0. The van der Waals surface area contributed by atoms with Crippen molar-refractivity contribution in [2.45, 2.75) is 0 Å². The molecule has 8 aromatic carbocycles. The van der Waals surface area contributed by atoms with Gasteiger partial charge < -0.3 is 4.42 Å². The smallest absolute Gasteiger partial charge is 0.136 e. The first kappa shape index (κ1) is 18.0. The highest BCUT2D eigenvalue weighted by atomic mass is 16.3. The molecular formula is C44H28O. The Labute approximate surface area is 274 Å². The van der Waals surface area contributed by atoms with Gasteiger partial charge in [0, 0.05) is 10.8 Å². The second-order valence-electron chi connectivity index (χ2n) is 10.9. The molecule has 0 fully saturated rings. The molecule has 9 rings (SSSR count). The number of furan rings is 1. The Morgan fingerprint density at radius 3 is 1.78 bits per heavy atom. The number of hydrogen-bond acceptors (Lipinski definition) is 1. The fourth-order valence-electron chi connectivity index (χ4n) is 6.49. The van der Waals surface area contributed by atoms with Crippen molar-refractivity contribution in [3.8, 4) is 44.5 Å². The minimum Gasteiger partial charge on any atom is -0.456 e. The molecule has 0 unspecified atom stereocenters. The molecule has 0 radical (unpaired) electrons. The lowest BCUT2D eigenvalue weighted by atomic mass is 9.84. The van der Waals surface area contributed by atoms with Crippen molar-refractivity contribution in [3.05, 3.63) is 170 Å². The molecule has 0 atom stereocenters. The molecule has 0 aliphatic heterocycles. The number of benzene rings is 8. The predicted octanol–water partition coefficient (Wildman–Crippen LogP) is 12.6. The van der Waals surface area contributed by atoms with E-state index >= 15 is 0 Å². The zero-order valence-corrected chi connectivity index (χ0v) is 23.9. The molecule has 0 saturated carbocycles. The molecule has 0 N–H and O–H groups in total. The number of rotatable bonds is 4. The van der Waals surface area contributed by atoms with Crippen LogP contribution < -0.4 is 0 Å². The quantitative estimate of drug-likeness (QED) is 0.188. The van der Waals surface area contributed by atoms with Crippen molar-refractivity contribution in [1.82, 2.24) is 0 Å². The van der Waals surface area contributed by atoms with Crippen LogP contribution >= 0.6 is 0 Å². The molecule has 0 aliphatic rings. The number of fused-ring (bicyclic) bond motifs is 5. The molecule has 0 amide bonds. The van der Waals surface area contributed by atoms with E-state index in [1.165, 1.54) is 0 Å². The summed E-state index contributed by atoms with van der Waals surface area (Å²) in [6.45, 7) is 0. The van der Waals surface area contributed by atoms with E-state index in [2.05, 4.69) is 0 Å². The average molecular weight is 582 g/mol. The fraction of sp³-hybridized carbons (Fsp3) is 0. The molecule has 0 spiro atoms. The molecule has 1 nitrogen and oxygen atoms in total. The van der Waals surface area contributed by atoms with Crippen LogP contribution in [0.1, 0.15) is 12.3 Å². The van der Waals surface area contributed by atoms with Crippen molar-refractivity contribution >= 4 is 43.5 Å². The minimum absolute atomic E-state index is 0.0214. The highest BCUT2D eigenvalue weighted by molar-refractivity contribution is 6.25. The van der Waals surface area contributed by atoms with E-state index in [-0.39, 0.29) is 41.8 Å². The first-order valence-electron chi connectivity index (χ1n) is 19.2. The van der Waals surface area contributed by atoms with E-state index in [4.69, 9.17) is 15.4 Å². The Hall–Kier alpha value is -5.92. The van der Waals surface area contributed by atoms with Gasteiger partial charge in [-0.05, 0) is 90.3 Å². The first-order valence-corrected chi connectivity index (χ1v) is 14.7. The molecule has 0 saturated heterocycles. The average Bonchev–Trinajstić information content (AvgIpc) is 3.57. The van der Waals surface area contributed by atoms with Crippen LogP contribution in [0.15, 0.2) is 174 Å². The van der Waals surface area contributed by atoms with E-state index in [1.807, 2.05) is 103 Å². The predicted molar refractivity (Wildman–Crippen MR) is 190 cm³/mol. The van der Waals surface area contributed by atoms with E-state index in [0.717, 1.165) is 43.4 Å². The van der Waals surface area contributed by atoms with Crippen LogP contribution in [0.2, 0.25) is 0 Å². The Bertz CT molecular complexity index is 2960. The summed E-state index contributed by atoms with van der Waals surface area (Å²) in [4.78, 5) is 0. The maximum atomic E-state index is 9.50. The van der Waals surface area contributed by atoms with Crippen LogP contribution in [-0.2, 0) is 0 Å². The van der Waals surface area contributed by atoms with Crippen molar-refractivity contribution in [2.24, 2.45) is 0 Å². The van der Waals surface area contributed by atoms with Crippen molar-refractivity contribution in [2.75, 3.05) is 0 Å². The van der Waals surface area contributed by atoms with Crippen molar-refractivity contribution in [3.63, 3.8) is 0 Å². The summed E-state index contributed by atoms with van der Waals surface area (Å²) in [5, 5.41) is 4.93. The minimum atomic E-state index is -0.447. The van der Waals surface area contributed by atoms with E-state index in [1.54, 1.807) is 12.1 Å². The van der Waals surface area contributed by atoms with Crippen molar-refractivity contribution < 1.29 is 16.8 Å². The second-order valence-corrected chi connectivity index (χ2v) is 10.9. The van der Waals surface area contributed by atoms with Crippen LogP contribution in [0, 0.1) is 0 Å². The lowest BCUT2D eigenvalue weighted by molar-refractivity contribution is 0.669. The fourth-order valence-corrected chi connectivity index (χ4v) is 6.49. The van der Waals surface area contributed by atoms with Crippen molar-refractivity contribution in [1.29, 1.82) is 0 Å². The molecule has 1 aromatic heterocycles. The topological polar surface area (TPSA) is 13.1 Å². The van der Waals surface area contributed by atoms with Gasteiger partial charge in [-0.3, -0.25) is 0 Å². The van der Waals surface area contributed by atoms with Gasteiger partial charge in [-0.2, -0.15) is 0 Å². The monoisotopic (exact) mass is 581 g/mol. The standard InChI is InChI=1S/C44H28O/c1-3-13-29(14-4-1)31-17-11-18-33(27-31)42-34-19-7-9-21-36(34)43(37-22-10-8-20-35(37)42)39-23-12-24-40-44(39)38-26-25-32(28-41(38)45-40)30-15-5-2-6-16-30/h1-28H/i2D,5D,6D,11D,15D,16D,17D,18D,27D. The zero-order chi connectivity index (χ0) is 37.6. The van der Waals surface area contributed by atoms with Gasteiger partial charge in [0.2, 0.25) is 0 Å². The Morgan fingerprint density at radius 1 is 0.400 bits per heavy atom. The normalized spacial score (nSPS) is 14.4. The molecular weight excluding hydrogens is 544 g/mol. The van der Waals surface area contributed by atoms with Gasteiger partial charge in [-0.15, -0.1) is 0 Å². The highest BCUT2D eigenvalue weighted by Gasteiger charge is 2.20. The zero-order valence-electron chi connectivity index (χ0n) is 32.9. The summed E-state index contributed by atoms with van der Waals surface area (Å²) in [7, 11) is 0. The summed E-state index contributed by atoms with van der Waals surface area (Å²) >= 11 is 0. The third-order valence-electron chi connectivity index (χ3n) is 8.42. The first-order chi connectivity index (χ1) is 26.1. The van der Waals surface area contributed by atoms with E-state index in [0.29, 0.717) is 39.0 Å². The van der Waals surface area contributed by atoms with Gasteiger partial charge in [-0.25, -0.2) is 0 Å². The van der Waals surface area contributed by atoms with Gasteiger partial charge in [0.1, 0.15) is 11.2 Å². The highest BCUT2D eigenvalue weighted by Crippen LogP contribution is 2.47. The lowest BCUT2D eigenvalue weighted by Crippen LogP contribution is -1.91. The van der Waals surface area contributed by atoms with E-state index in [9.17, 15) is 1.37 Å². The number of hydrogen-bond donors (Lipinski definition) is 0. The molecule has 1 heterocycles. The third-order valence-corrected chi connectivity index (χ3v) is 8.42. The molecule has 0 aliphatic carbocycles. The summed E-state index contributed by atoms with van der Waals surface area (Å²) < 4.78 is 84.2. The van der Waals surface area contributed by atoms with Gasteiger partial charge in [0.25, 0.3) is 0 Å². The Morgan fingerprint density at radius 2 is 1.04 bits per heavy atom. The summed E-state index contributed by atoms with van der Waals surface area (Å²) in [5.74, 6) is 0. The Balaban J connectivity index is 1.35. The third kappa shape index (κ3) is 4.17. The molecule has 45 heavy (non-hydrogen) atoms. The van der Waals surface area contributed by atoms with Crippen LogP contribution in [0.25, 0.3) is 88.0 Å². The van der Waals surface area contributed by atoms with Crippen LogP contribution in [0.5, 0.6) is 0 Å². The molecule has 210 valence electrons. The summed E-state index contributed by atoms with van der Waals surface area (Å²) in [5.41, 5.74) is 5.33. The summed E-state index contributed by atoms with van der Waals surface area (Å²) in [6, 6.07) is 33.7. The van der Waals surface area contributed by atoms with Gasteiger partial charge in [0.15, 0.2) is 0 Å². The van der Waals surface area contributed by atoms with Gasteiger partial charge in [0.05, 0.1) is 12.3 Å². The largest absolute Gasteiger partial charge is 0.456 e. The maximum absolute atomic E-state index is 9.50. The molecule has 1 heteroatoms. The SMILES string of the molecule is [2H]c1c([2H])c([2H])c(-c2ccc3c(c2)oc2cccc(-c4c5ccccc5c(-c5c([2H])c([2H])c([2H])c(-c6ccccc6)c5[2H])c5ccccc45)c23)c([2H])c1[2H]. The van der Waals surface area contributed by atoms with Crippen LogP contribution in [0.3, 0.4) is 0 Å². The van der Waals surface area contributed by atoms with Crippen LogP contribution in [0.4, 0.5) is 0 Å². The lowest BCUT2D eigenvalue weighted by Gasteiger charge is -2.18. The van der Waals surface area contributed by atoms with Crippen LogP contribution in [-0.4, -0.2) is 0 Å². The van der Waals surface area contributed by atoms with E-state index < -0.39 is 18.1 Å². The molecule has 9 aromatic rings. The van der Waals surface area contributed by atoms with Gasteiger partial charge >= 0.3 is 0 Å². The molecule has 0 bridgehead atoms. The maximum Gasteiger partial charge on any atom is 0.136 e.